The van der Waals surface area contributed by atoms with E-state index in [0.29, 0.717) is 35.8 Å². The Bertz CT molecular complexity index is 1210. The van der Waals surface area contributed by atoms with Gasteiger partial charge in [0.2, 0.25) is 0 Å². The number of nitrogens with one attached hydrogen (secondary N) is 3. The molecule has 2 amide bonds. The first-order valence-electron chi connectivity index (χ1n) is 10.0. The van der Waals surface area contributed by atoms with Gasteiger partial charge in [-0.05, 0) is 37.1 Å². The number of ether oxygens (including phenoxy) is 1. The van der Waals surface area contributed by atoms with E-state index in [1.807, 2.05) is 18.2 Å². The summed E-state index contributed by atoms with van der Waals surface area (Å²) in [5.41, 5.74) is 7.11. The monoisotopic (exact) mass is 466 g/mol. The molecule has 3 aromatic rings. The smallest absolute Gasteiger partial charge is 0.267 e. The third-order valence-corrected chi connectivity index (χ3v) is 5.08. The normalized spacial score (nSPS) is 10.4. The van der Waals surface area contributed by atoms with Crippen LogP contribution in [0.4, 0.5) is 5.82 Å². The lowest BCUT2D eigenvalue weighted by atomic mass is 10.1. The number of aromatic nitrogens is 2. The number of hydrogen-bond donors (Lipinski definition) is 4. The molecule has 1 aromatic carbocycles. The van der Waals surface area contributed by atoms with Crippen LogP contribution in [0.25, 0.3) is 0 Å². The number of amides is 2. The highest BCUT2D eigenvalue weighted by Gasteiger charge is 2.19. The molecule has 0 radical (unpaired) electrons. The second-order valence-electron chi connectivity index (χ2n) is 7.08. The molecule has 0 bridgehead atoms. The number of anilines is 1. The summed E-state index contributed by atoms with van der Waals surface area (Å²) in [7, 11) is 1.67. The number of pyridine rings is 2. The van der Waals surface area contributed by atoms with Crippen LogP contribution in [0.1, 0.15) is 38.9 Å². The zero-order chi connectivity index (χ0) is 24.0. The third-order valence-electron chi connectivity index (χ3n) is 4.69. The van der Waals surface area contributed by atoms with Gasteiger partial charge in [0.05, 0.1) is 16.1 Å². The maximum absolute atomic E-state index is 12.6. The van der Waals surface area contributed by atoms with Gasteiger partial charge in [-0.1, -0.05) is 23.7 Å². The summed E-state index contributed by atoms with van der Waals surface area (Å²) in [5, 5.41) is 13.8. The van der Waals surface area contributed by atoms with Crippen molar-refractivity contribution in [2.24, 2.45) is 5.73 Å². The predicted molar refractivity (Wildman–Crippen MR) is 127 cm³/mol. The van der Waals surface area contributed by atoms with Crippen LogP contribution in [0.5, 0.6) is 11.5 Å². The van der Waals surface area contributed by atoms with Crippen LogP contribution in [0.15, 0.2) is 48.8 Å². The molecular formula is C23H23ClN6O3. The van der Waals surface area contributed by atoms with E-state index in [4.69, 9.17) is 27.5 Å². The first-order chi connectivity index (χ1) is 15.8. The minimum atomic E-state index is -0.635. The van der Waals surface area contributed by atoms with E-state index in [-0.39, 0.29) is 27.9 Å². The van der Waals surface area contributed by atoms with Crippen LogP contribution in [-0.2, 0) is 6.42 Å². The standard InChI is InChI=1S/C23H23ClN6O3/c1-13(25)19-20(24)17(12-30-22(19)27-2)23(32)29-8-6-14-4-3-5-15(10-14)33-16-7-9-28-18(11-16)21(26)31/h3-5,7,9-12,25H,6,8H2,1-2H3,(H2,26,31)(H,27,30)(H,29,32). The van der Waals surface area contributed by atoms with E-state index in [0.717, 1.165) is 5.56 Å². The summed E-state index contributed by atoms with van der Waals surface area (Å²) in [6.45, 7) is 1.94. The Morgan fingerprint density at radius 1 is 1.18 bits per heavy atom. The van der Waals surface area contributed by atoms with E-state index < -0.39 is 5.91 Å². The van der Waals surface area contributed by atoms with Crippen molar-refractivity contribution >= 4 is 34.9 Å². The van der Waals surface area contributed by atoms with Gasteiger partial charge in [0.15, 0.2) is 0 Å². The van der Waals surface area contributed by atoms with Gasteiger partial charge in [0.25, 0.3) is 11.8 Å². The van der Waals surface area contributed by atoms with Crippen molar-refractivity contribution in [3.63, 3.8) is 0 Å². The van der Waals surface area contributed by atoms with Crippen LogP contribution in [0, 0.1) is 5.41 Å². The molecule has 0 saturated carbocycles. The van der Waals surface area contributed by atoms with Crippen molar-refractivity contribution in [3.8, 4) is 11.5 Å². The number of nitrogens with two attached hydrogens (primary N) is 1. The zero-order valence-electron chi connectivity index (χ0n) is 18.1. The molecule has 5 N–H and O–H groups in total. The number of rotatable bonds is 9. The number of carbonyl (C=O) groups is 2. The summed E-state index contributed by atoms with van der Waals surface area (Å²) >= 11 is 6.38. The summed E-state index contributed by atoms with van der Waals surface area (Å²) < 4.78 is 5.79. The topological polar surface area (TPSA) is 143 Å². The van der Waals surface area contributed by atoms with Gasteiger partial charge in [0, 0.05) is 37.8 Å². The maximum Gasteiger partial charge on any atom is 0.267 e. The summed E-state index contributed by atoms with van der Waals surface area (Å²) in [4.78, 5) is 32.0. The van der Waals surface area contributed by atoms with E-state index in [1.54, 1.807) is 26.1 Å². The third kappa shape index (κ3) is 5.83. The van der Waals surface area contributed by atoms with Crippen molar-refractivity contribution in [2.75, 3.05) is 18.9 Å². The van der Waals surface area contributed by atoms with Gasteiger partial charge in [0.1, 0.15) is 23.0 Å². The van der Waals surface area contributed by atoms with E-state index in [1.165, 1.54) is 18.5 Å². The first-order valence-corrected chi connectivity index (χ1v) is 10.4. The number of hydrogen-bond acceptors (Lipinski definition) is 7. The predicted octanol–water partition coefficient (Wildman–Crippen LogP) is 3.42. The molecule has 9 nitrogen and oxygen atoms in total. The molecule has 0 aliphatic rings. The van der Waals surface area contributed by atoms with E-state index in [2.05, 4.69) is 20.6 Å². The lowest BCUT2D eigenvalue weighted by Gasteiger charge is -2.13. The highest BCUT2D eigenvalue weighted by Crippen LogP contribution is 2.27. The highest BCUT2D eigenvalue weighted by molar-refractivity contribution is 6.37. The van der Waals surface area contributed by atoms with Crippen molar-refractivity contribution in [1.82, 2.24) is 15.3 Å². The second kappa shape index (κ2) is 10.6. The van der Waals surface area contributed by atoms with Gasteiger partial charge in [-0.15, -0.1) is 0 Å². The Balaban J connectivity index is 1.64. The fourth-order valence-electron chi connectivity index (χ4n) is 3.10. The van der Waals surface area contributed by atoms with Gasteiger partial charge in [-0.2, -0.15) is 0 Å². The molecule has 0 unspecified atom stereocenters. The zero-order valence-corrected chi connectivity index (χ0v) is 18.9. The average Bonchev–Trinajstić information content (AvgIpc) is 2.78. The number of nitrogens with zero attached hydrogens (tertiary/aromatic N) is 2. The first kappa shape index (κ1) is 23.7. The number of carbonyl (C=O) groups excluding carboxylic acids is 2. The van der Waals surface area contributed by atoms with Crippen LogP contribution in [0.3, 0.4) is 0 Å². The summed E-state index contributed by atoms with van der Waals surface area (Å²) in [6, 6.07) is 10.5. The maximum atomic E-state index is 12.6. The Kier molecular flexibility index (Phi) is 7.57. The number of halogens is 1. The van der Waals surface area contributed by atoms with Crippen molar-refractivity contribution in [1.29, 1.82) is 5.41 Å². The van der Waals surface area contributed by atoms with Crippen molar-refractivity contribution in [2.45, 2.75) is 13.3 Å². The Morgan fingerprint density at radius 3 is 2.64 bits per heavy atom. The highest BCUT2D eigenvalue weighted by atomic mass is 35.5. The SMILES string of the molecule is CNc1ncc(C(=O)NCCc2cccc(Oc3ccnc(C(N)=O)c3)c2)c(Cl)c1C(C)=N. The molecule has 2 aromatic heterocycles. The molecule has 2 heterocycles. The van der Waals surface area contributed by atoms with Gasteiger partial charge in [-0.25, -0.2) is 4.98 Å². The lowest BCUT2D eigenvalue weighted by molar-refractivity contribution is 0.0952. The Morgan fingerprint density at radius 2 is 1.94 bits per heavy atom. The Hall–Kier alpha value is -3.98. The van der Waals surface area contributed by atoms with Gasteiger partial charge in [-0.3, -0.25) is 14.6 Å². The van der Waals surface area contributed by atoms with Crippen molar-refractivity contribution < 1.29 is 14.3 Å². The second-order valence-corrected chi connectivity index (χ2v) is 7.46. The lowest BCUT2D eigenvalue weighted by Crippen LogP contribution is -2.26. The number of primary amides is 1. The molecular weight excluding hydrogens is 444 g/mol. The van der Waals surface area contributed by atoms with E-state index >= 15 is 0 Å². The van der Waals surface area contributed by atoms with Crippen LogP contribution in [-0.4, -0.2) is 41.1 Å². The summed E-state index contributed by atoms with van der Waals surface area (Å²) in [6.07, 6.45) is 3.38. The molecule has 3 rings (SSSR count). The minimum absolute atomic E-state index is 0.114. The molecule has 0 spiro atoms. The van der Waals surface area contributed by atoms with Gasteiger partial charge >= 0.3 is 0 Å². The Labute approximate surface area is 195 Å². The fourth-order valence-corrected chi connectivity index (χ4v) is 3.47. The van der Waals surface area contributed by atoms with Crippen molar-refractivity contribution in [3.05, 3.63) is 76.2 Å². The molecule has 10 heteroatoms. The quantitative estimate of drug-likeness (QED) is 0.356. The van der Waals surface area contributed by atoms with E-state index in [9.17, 15) is 9.59 Å². The molecule has 170 valence electrons. The average molecular weight is 467 g/mol. The molecule has 0 fully saturated rings. The van der Waals surface area contributed by atoms with Crippen LogP contribution >= 0.6 is 11.6 Å². The fraction of sp³-hybridized carbons (Fsp3) is 0.174. The number of benzene rings is 1. The minimum Gasteiger partial charge on any atom is -0.457 e. The van der Waals surface area contributed by atoms with Crippen LogP contribution in [0.2, 0.25) is 5.02 Å². The van der Waals surface area contributed by atoms with Crippen LogP contribution < -0.4 is 21.1 Å². The van der Waals surface area contributed by atoms with Gasteiger partial charge < -0.3 is 26.5 Å². The largest absolute Gasteiger partial charge is 0.457 e. The molecule has 0 aliphatic heterocycles. The molecule has 0 atom stereocenters. The molecule has 0 aliphatic carbocycles. The molecule has 0 saturated heterocycles. The summed E-state index contributed by atoms with van der Waals surface area (Å²) in [5.74, 6) is 0.442. The molecule has 33 heavy (non-hydrogen) atoms.